The lowest BCUT2D eigenvalue weighted by Crippen LogP contribution is -2.33. The maximum atomic E-state index is 14.2. The van der Waals surface area contributed by atoms with Crippen molar-refractivity contribution in [1.29, 1.82) is 0 Å². The van der Waals surface area contributed by atoms with Crippen molar-refractivity contribution in [2.24, 2.45) is 5.73 Å². The molecule has 0 bridgehead atoms. The molecule has 1 fully saturated rings. The smallest absolute Gasteiger partial charge is 0.169 e. The Hall–Kier alpha value is -1.16. The van der Waals surface area contributed by atoms with E-state index in [4.69, 9.17) is 10.5 Å². The van der Waals surface area contributed by atoms with Crippen LogP contribution >= 0.6 is 0 Å². The highest BCUT2D eigenvalue weighted by Gasteiger charge is 2.37. The molecule has 0 amide bonds. The second kappa shape index (κ2) is 4.61. The van der Waals surface area contributed by atoms with Crippen molar-refractivity contribution in [3.63, 3.8) is 0 Å². The number of rotatable bonds is 3. The van der Waals surface area contributed by atoms with E-state index in [2.05, 4.69) is 0 Å². The van der Waals surface area contributed by atoms with E-state index in [0.29, 0.717) is 12.1 Å². The van der Waals surface area contributed by atoms with Crippen LogP contribution in [0.15, 0.2) is 12.1 Å². The van der Waals surface area contributed by atoms with E-state index in [1.165, 1.54) is 13.2 Å². The topological polar surface area (TPSA) is 35.2 Å². The van der Waals surface area contributed by atoms with Gasteiger partial charge >= 0.3 is 0 Å². The summed E-state index contributed by atoms with van der Waals surface area (Å²) in [5.74, 6) is -0.987. The van der Waals surface area contributed by atoms with Crippen molar-refractivity contribution in [2.75, 3.05) is 13.7 Å². The van der Waals surface area contributed by atoms with Crippen molar-refractivity contribution >= 4 is 0 Å². The summed E-state index contributed by atoms with van der Waals surface area (Å²) in [4.78, 5) is 0. The van der Waals surface area contributed by atoms with Gasteiger partial charge in [0.05, 0.1) is 7.11 Å². The molecule has 2 N–H and O–H groups in total. The van der Waals surface area contributed by atoms with Crippen LogP contribution in [0.4, 0.5) is 8.78 Å². The number of hydrogen-bond donors (Lipinski definition) is 1. The number of benzene rings is 1. The zero-order valence-corrected chi connectivity index (χ0v) is 9.93. The summed E-state index contributed by atoms with van der Waals surface area (Å²) in [5.41, 5.74) is 5.73. The Labute approximate surface area is 99.8 Å². The average Bonchev–Trinajstić information content (AvgIpc) is 2.81. The molecule has 0 atom stereocenters. The van der Waals surface area contributed by atoms with Gasteiger partial charge in [-0.3, -0.25) is 0 Å². The summed E-state index contributed by atoms with van der Waals surface area (Å²) in [7, 11) is 1.34. The molecule has 1 aromatic carbocycles. The van der Waals surface area contributed by atoms with Gasteiger partial charge in [-0.1, -0.05) is 12.8 Å². The van der Waals surface area contributed by atoms with Gasteiger partial charge in [0.15, 0.2) is 11.6 Å². The fraction of sp³-hybridized carbons (Fsp3) is 0.538. The van der Waals surface area contributed by atoms with Crippen molar-refractivity contribution in [1.82, 2.24) is 0 Å². The maximum absolute atomic E-state index is 14.2. The maximum Gasteiger partial charge on any atom is 0.169 e. The van der Waals surface area contributed by atoms with E-state index in [-0.39, 0.29) is 5.75 Å². The lowest BCUT2D eigenvalue weighted by Gasteiger charge is -2.28. The zero-order valence-electron chi connectivity index (χ0n) is 9.93. The molecule has 0 saturated heterocycles. The van der Waals surface area contributed by atoms with Crippen LogP contribution < -0.4 is 10.5 Å². The first kappa shape index (κ1) is 12.3. The van der Waals surface area contributed by atoms with Crippen LogP contribution in [0.25, 0.3) is 0 Å². The molecule has 17 heavy (non-hydrogen) atoms. The summed E-state index contributed by atoms with van der Waals surface area (Å²) in [6.07, 6.45) is 3.64. The molecule has 1 aliphatic rings. The predicted octanol–water partition coefficient (Wildman–Crippen LogP) is 2.74. The molecule has 0 spiro atoms. The van der Waals surface area contributed by atoms with Gasteiger partial charge in [0.1, 0.15) is 5.82 Å². The van der Waals surface area contributed by atoms with Crippen LogP contribution in [0.1, 0.15) is 31.2 Å². The van der Waals surface area contributed by atoms with Gasteiger partial charge in [0, 0.05) is 23.6 Å². The first-order valence-corrected chi connectivity index (χ1v) is 5.86. The average molecular weight is 241 g/mol. The fourth-order valence-electron chi connectivity index (χ4n) is 2.73. The summed E-state index contributed by atoms with van der Waals surface area (Å²) >= 11 is 0. The highest BCUT2D eigenvalue weighted by Crippen LogP contribution is 2.43. The van der Waals surface area contributed by atoms with Crippen LogP contribution in [0.5, 0.6) is 5.75 Å². The summed E-state index contributed by atoms with van der Waals surface area (Å²) < 4.78 is 32.5. The third-order valence-corrected chi connectivity index (χ3v) is 3.75. The van der Waals surface area contributed by atoms with Crippen molar-refractivity contribution < 1.29 is 13.5 Å². The quantitative estimate of drug-likeness (QED) is 0.883. The fourth-order valence-corrected chi connectivity index (χ4v) is 2.73. The number of nitrogens with two attached hydrogens (primary N) is 1. The van der Waals surface area contributed by atoms with Gasteiger partial charge in [-0.2, -0.15) is 0 Å². The monoisotopic (exact) mass is 241 g/mol. The number of methoxy groups -OCH3 is 1. The highest BCUT2D eigenvalue weighted by atomic mass is 19.1. The molecule has 94 valence electrons. The normalized spacial score (nSPS) is 18.4. The van der Waals surface area contributed by atoms with Gasteiger partial charge in [-0.25, -0.2) is 8.78 Å². The molecule has 2 nitrogen and oxygen atoms in total. The van der Waals surface area contributed by atoms with Crippen LogP contribution in [0.2, 0.25) is 0 Å². The predicted molar refractivity (Wildman–Crippen MR) is 62.1 cm³/mol. The van der Waals surface area contributed by atoms with Crippen molar-refractivity contribution in [3.05, 3.63) is 29.3 Å². The minimum absolute atomic E-state index is 0.0419. The SMILES string of the molecule is COc1cc(F)cc(C2(CN)CCCC2)c1F. The largest absolute Gasteiger partial charge is 0.494 e. The lowest BCUT2D eigenvalue weighted by molar-refractivity contribution is 0.362. The molecule has 1 aliphatic carbocycles. The summed E-state index contributed by atoms with van der Waals surface area (Å²) in [5, 5.41) is 0. The van der Waals surface area contributed by atoms with Gasteiger partial charge in [-0.15, -0.1) is 0 Å². The van der Waals surface area contributed by atoms with Crippen LogP contribution in [0, 0.1) is 11.6 Å². The van der Waals surface area contributed by atoms with E-state index in [1.54, 1.807) is 0 Å². The number of ether oxygens (including phenoxy) is 1. The molecular weight excluding hydrogens is 224 g/mol. The molecule has 0 unspecified atom stereocenters. The van der Waals surface area contributed by atoms with E-state index >= 15 is 0 Å². The second-order valence-corrected chi connectivity index (χ2v) is 4.66. The van der Waals surface area contributed by atoms with Gasteiger partial charge < -0.3 is 10.5 Å². The van der Waals surface area contributed by atoms with E-state index in [9.17, 15) is 8.78 Å². The van der Waals surface area contributed by atoms with Crippen molar-refractivity contribution in [3.8, 4) is 5.75 Å². The van der Waals surface area contributed by atoms with Crippen molar-refractivity contribution in [2.45, 2.75) is 31.1 Å². The Kier molecular flexibility index (Phi) is 3.33. The minimum Gasteiger partial charge on any atom is -0.494 e. The molecule has 0 aliphatic heterocycles. The highest BCUT2D eigenvalue weighted by molar-refractivity contribution is 5.38. The lowest BCUT2D eigenvalue weighted by atomic mass is 9.78. The summed E-state index contributed by atoms with van der Waals surface area (Å²) in [6, 6.07) is 2.33. The number of halogens is 2. The third kappa shape index (κ3) is 2.02. The van der Waals surface area contributed by atoms with Crippen LogP contribution in [-0.4, -0.2) is 13.7 Å². The molecule has 2 rings (SSSR count). The number of hydrogen-bond acceptors (Lipinski definition) is 2. The van der Waals surface area contributed by atoms with E-state index < -0.39 is 17.0 Å². The molecule has 0 heterocycles. The Morgan fingerprint density at radius 2 is 1.94 bits per heavy atom. The standard InChI is InChI=1S/C13H17F2NO/c1-17-11-7-9(14)6-10(12(11)15)13(8-16)4-2-3-5-13/h6-7H,2-5,8,16H2,1H3. The molecule has 1 aromatic rings. The first-order chi connectivity index (χ1) is 8.13. The second-order valence-electron chi connectivity index (χ2n) is 4.66. The Bertz CT molecular complexity index is 414. The van der Waals surface area contributed by atoms with Crippen LogP contribution in [0.3, 0.4) is 0 Å². The molecule has 4 heteroatoms. The van der Waals surface area contributed by atoms with Gasteiger partial charge in [0.2, 0.25) is 0 Å². The Morgan fingerprint density at radius 3 is 2.47 bits per heavy atom. The van der Waals surface area contributed by atoms with E-state index in [1.807, 2.05) is 0 Å². The van der Waals surface area contributed by atoms with Gasteiger partial charge in [-0.05, 0) is 18.9 Å². The molecular formula is C13H17F2NO. The molecule has 0 radical (unpaired) electrons. The zero-order chi connectivity index (χ0) is 12.5. The molecule has 0 aromatic heterocycles. The van der Waals surface area contributed by atoms with Gasteiger partial charge in [0.25, 0.3) is 0 Å². The van der Waals surface area contributed by atoms with E-state index in [0.717, 1.165) is 31.7 Å². The third-order valence-electron chi connectivity index (χ3n) is 3.75. The Morgan fingerprint density at radius 1 is 1.29 bits per heavy atom. The minimum atomic E-state index is -0.474. The van der Waals surface area contributed by atoms with Crippen LogP contribution in [-0.2, 0) is 5.41 Å². The Balaban J connectivity index is 2.53. The summed E-state index contributed by atoms with van der Waals surface area (Å²) in [6.45, 7) is 0.344. The molecule has 1 saturated carbocycles. The first-order valence-electron chi connectivity index (χ1n) is 5.86.